The van der Waals surface area contributed by atoms with Crippen LogP contribution in [-0.4, -0.2) is 20.6 Å². The maximum atomic E-state index is 14.1. The number of aryl methyl sites for hydroxylation is 2. The van der Waals surface area contributed by atoms with Gasteiger partial charge in [0.15, 0.2) is 0 Å². The lowest BCUT2D eigenvalue weighted by Gasteiger charge is -2.33. The second-order valence-electron chi connectivity index (χ2n) is 12.1. The van der Waals surface area contributed by atoms with Crippen LogP contribution >= 0.6 is 0 Å². The SMILES string of the molecule is CCc1cccc(CC)c1-n1nc2c(c1-c1cccc3c1CC(=O)N3)CN(Cc1ccc(C(F)(F)F)cc1C(F)(F)F)C2(C)C. The third kappa shape index (κ3) is 5.20. The van der Waals surface area contributed by atoms with Gasteiger partial charge in [0.25, 0.3) is 0 Å². The van der Waals surface area contributed by atoms with Gasteiger partial charge in [-0.25, -0.2) is 4.68 Å². The molecule has 0 radical (unpaired) electrons. The molecule has 4 aromatic rings. The van der Waals surface area contributed by atoms with Crippen molar-refractivity contribution in [2.45, 2.75) is 77.9 Å². The van der Waals surface area contributed by atoms with Gasteiger partial charge >= 0.3 is 12.4 Å². The first-order valence-corrected chi connectivity index (χ1v) is 14.8. The smallest absolute Gasteiger partial charge is 0.326 e. The molecule has 236 valence electrons. The molecule has 5 nitrogen and oxygen atoms in total. The Balaban J connectivity index is 1.53. The number of aromatic nitrogens is 2. The van der Waals surface area contributed by atoms with E-state index in [0.717, 1.165) is 58.1 Å². The Morgan fingerprint density at radius 2 is 1.53 bits per heavy atom. The van der Waals surface area contributed by atoms with Crippen molar-refractivity contribution >= 4 is 11.6 Å². The van der Waals surface area contributed by atoms with Gasteiger partial charge in [0, 0.05) is 29.9 Å². The molecule has 0 aliphatic carbocycles. The molecule has 45 heavy (non-hydrogen) atoms. The highest BCUT2D eigenvalue weighted by Gasteiger charge is 2.45. The van der Waals surface area contributed by atoms with Gasteiger partial charge in [-0.3, -0.25) is 9.69 Å². The topological polar surface area (TPSA) is 50.2 Å². The van der Waals surface area contributed by atoms with Crippen LogP contribution in [0.3, 0.4) is 0 Å². The highest BCUT2D eigenvalue weighted by atomic mass is 19.4. The summed E-state index contributed by atoms with van der Waals surface area (Å²) in [6.45, 7) is 7.82. The molecular weight excluding hydrogens is 594 g/mol. The summed E-state index contributed by atoms with van der Waals surface area (Å²) in [4.78, 5) is 14.3. The number of fused-ring (bicyclic) bond motifs is 2. The van der Waals surface area contributed by atoms with Crippen molar-refractivity contribution in [2.24, 2.45) is 0 Å². The number of rotatable bonds is 6. The maximum Gasteiger partial charge on any atom is 0.416 e. The zero-order valence-corrected chi connectivity index (χ0v) is 25.2. The fourth-order valence-electron chi connectivity index (χ4n) is 6.64. The molecule has 0 spiro atoms. The van der Waals surface area contributed by atoms with Crippen LogP contribution in [0.2, 0.25) is 0 Å². The van der Waals surface area contributed by atoms with Gasteiger partial charge < -0.3 is 5.32 Å². The van der Waals surface area contributed by atoms with E-state index in [1.54, 1.807) is 0 Å². The molecule has 0 bridgehead atoms. The van der Waals surface area contributed by atoms with Crippen molar-refractivity contribution < 1.29 is 31.1 Å². The van der Waals surface area contributed by atoms with Crippen molar-refractivity contribution in [3.8, 4) is 16.9 Å². The normalized spacial score (nSPS) is 16.2. The standard InChI is InChI=1S/C34H32F6N4O/c1-5-19-9-7-10-20(6-2)29(19)44-30(23-11-8-12-27-24(23)16-28(45)41-27)25-18-43(32(3,4)31(25)42-44)17-21-13-14-22(33(35,36)37)15-26(21)34(38,39)40/h7-15H,5-6,16-18H2,1-4H3,(H,41,45). The lowest BCUT2D eigenvalue weighted by molar-refractivity contribution is -0.143. The Kier molecular flexibility index (Phi) is 7.38. The molecule has 2 aliphatic rings. The molecule has 1 aromatic heterocycles. The first-order valence-electron chi connectivity index (χ1n) is 14.8. The summed E-state index contributed by atoms with van der Waals surface area (Å²) in [7, 11) is 0. The number of amides is 1. The molecule has 0 fully saturated rings. The Hall–Kier alpha value is -4.12. The molecule has 3 heterocycles. The molecule has 6 rings (SSSR count). The van der Waals surface area contributed by atoms with Gasteiger partial charge in [0.1, 0.15) is 0 Å². The van der Waals surface area contributed by atoms with Gasteiger partial charge in [0.05, 0.1) is 40.2 Å². The first-order chi connectivity index (χ1) is 21.1. The number of benzene rings is 3. The Labute approximate surface area is 256 Å². The van der Waals surface area contributed by atoms with E-state index in [4.69, 9.17) is 5.10 Å². The fraction of sp³-hybridized carbons (Fsp3) is 0.353. The van der Waals surface area contributed by atoms with Crippen LogP contribution in [0.15, 0.2) is 54.6 Å². The van der Waals surface area contributed by atoms with Crippen molar-refractivity contribution in [3.05, 3.63) is 99.2 Å². The zero-order chi connectivity index (χ0) is 32.5. The molecule has 0 atom stereocenters. The van der Waals surface area contributed by atoms with E-state index in [-0.39, 0.29) is 37.0 Å². The minimum Gasteiger partial charge on any atom is -0.326 e. The number of hydrogen-bond donors (Lipinski definition) is 1. The highest BCUT2D eigenvalue weighted by Crippen LogP contribution is 2.48. The third-order valence-electron chi connectivity index (χ3n) is 9.03. The number of hydrogen-bond acceptors (Lipinski definition) is 3. The molecule has 1 N–H and O–H groups in total. The summed E-state index contributed by atoms with van der Waals surface area (Å²) in [5.41, 5.74) is 3.87. The summed E-state index contributed by atoms with van der Waals surface area (Å²) >= 11 is 0. The van der Waals surface area contributed by atoms with Crippen molar-refractivity contribution in [1.82, 2.24) is 14.7 Å². The summed E-state index contributed by atoms with van der Waals surface area (Å²) in [6, 6.07) is 13.5. The highest BCUT2D eigenvalue weighted by molar-refractivity contribution is 6.02. The number of nitrogens with one attached hydrogen (secondary N) is 1. The number of nitrogens with zero attached hydrogens (tertiary/aromatic N) is 3. The predicted molar refractivity (Wildman–Crippen MR) is 159 cm³/mol. The summed E-state index contributed by atoms with van der Waals surface area (Å²) in [5.74, 6) is -0.132. The van der Waals surface area contributed by atoms with Crippen molar-refractivity contribution in [2.75, 3.05) is 5.32 Å². The second-order valence-corrected chi connectivity index (χ2v) is 12.1. The number of halogens is 6. The van der Waals surface area contributed by atoms with Gasteiger partial charge in [-0.15, -0.1) is 0 Å². The second kappa shape index (κ2) is 10.8. The van der Waals surface area contributed by atoms with Crippen LogP contribution in [0.1, 0.15) is 72.3 Å². The number of alkyl halides is 6. The molecule has 0 unspecified atom stereocenters. The summed E-state index contributed by atoms with van der Waals surface area (Å²) in [5, 5.41) is 8.06. The van der Waals surface area contributed by atoms with Gasteiger partial charge in [-0.1, -0.05) is 50.2 Å². The summed E-state index contributed by atoms with van der Waals surface area (Å²) in [6.07, 6.45) is -8.22. The number of anilines is 1. The molecule has 2 aliphatic heterocycles. The minimum atomic E-state index is -4.97. The number of carbonyl (C=O) groups is 1. The Morgan fingerprint density at radius 1 is 0.867 bits per heavy atom. The average molecular weight is 627 g/mol. The van der Waals surface area contributed by atoms with Crippen LogP contribution in [0.5, 0.6) is 0 Å². The van der Waals surface area contributed by atoms with Crippen molar-refractivity contribution in [1.29, 1.82) is 0 Å². The Morgan fingerprint density at radius 3 is 2.16 bits per heavy atom. The van der Waals surface area contributed by atoms with Crippen LogP contribution < -0.4 is 5.32 Å². The Bertz CT molecular complexity index is 1800. The van der Waals surface area contributed by atoms with Crippen molar-refractivity contribution in [3.63, 3.8) is 0 Å². The first kappa shape index (κ1) is 30.9. The van der Waals surface area contributed by atoms with Crippen LogP contribution in [0.4, 0.5) is 32.0 Å². The lowest BCUT2D eigenvalue weighted by atomic mass is 9.95. The third-order valence-corrected chi connectivity index (χ3v) is 9.03. The number of carbonyl (C=O) groups excluding carboxylic acids is 1. The van der Waals surface area contributed by atoms with E-state index in [0.29, 0.717) is 17.4 Å². The summed E-state index contributed by atoms with van der Waals surface area (Å²) < 4.78 is 84.2. The van der Waals surface area contributed by atoms with E-state index in [2.05, 4.69) is 19.2 Å². The fourth-order valence-corrected chi connectivity index (χ4v) is 6.64. The largest absolute Gasteiger partial charge is 0.416 e. The van der Waals surface area contributed by atoms with E-state index in [1.165, 1.54) is 0 Å². The molecule has 1 amide bonds. The van der Waals surface area contributed by atoms with Gasteiger partial charge in [-0.2, -0.15) is 31.4 Å². The van der Waals surface area contributed by atoms with Crippen LogP contribution in [0.25, 0.3) is 16.9 Å². The van der Waals surface area contributed by atoms with Crippen LogP contribution in [0, 0.1) is 0 Å². The lowest BCUT2D eigenvalue weighted by Crippen LogP contribution is -2.36. The zero-order valence-electron chi connectivity index (χ0n) is 25.2. The predicted octanol–water partition coefficient (Wildman–Crippen LogP) is 8.45. The molecule has 0 saturated carbocycles. The van der Waals surface area contributed by atoms with E-state index in [9.17, 15) is 31.1 Å². The molecular formula is C34H32F6N4O. The number of para-hydroxylation sites is 1. The van der Waals surface area contributed by atoms with E-state index < -0.39 is 29.0 Å². The van der Waals surface area contributed by atoms with Crippen LogP contribution in [-0.2, 0) is 55.0 Å². The van der Waals surface area contributed by atoms with Gasteiger partial charge in [-0.05, 0) is 67.1 Å². The molecule has 11 heteroatoms. The molecule has 0 saturated heterocycles. The monoisotopic (exact) mass is 626 g/mol. The van der Waals surface area contributed by atoms with E-state index >= 15 is 0 Å². The maximum absolute atomic E-state index is 14.1. The van der Waals surface area contributed by atoms with E-state index in [1.807, 2.05) is 59.8 Å². The average Bonchev–Trinajstić information content (AvgIpc) is 3.61. The minimum absolute atomic E-state index is 0.132. The molecule has 3 aromatic carbocycles. The van der Waals surface area contributed by atoms with Gasteiger partial charge in [0.2, 0.25) is 5.91 Å². The quantitative estimate of drug-likeness (QED) is 0.219.